The van der Waals surface area contributed by atoms with Crippen molar-refractivity contribution in [2.45, 2.75) is 12.2 Å². The van der Waals surface area contributed by atoms with Crippen LogP contribution in [0.1, 0.15) is 11.6 Å². The van der Waals surface area contributed by atoms with Crippen LogP contribution >= 0.6 is 11.6 Å². The number of amides is 1. The Morgan fingerprint density at radius 3 is 2.72 bits per heavy atom. The number of alkyl halides is 3. The van der Waals surface area contributed by atoms with Crippen molar-refractivity contribution in [3.05, 3.63) is 64.9 Å². The van der Waals surface area contributed by atoms with E-state index in [0.29, 0.717) is 16.3 Å². The maximum absolute atomic E-state index is 14.9. The summed E-state index contributed by atoms with van der Waals surface area (Å²) in [6, 6.07) is 5.90. The summed E-state index contributed by atoms with van der Waals surface area (Å²) < 4.78 is 52.6. The van der Waals surface area contributed by atoms with Crippen molar-refractivity contribution in [1.82, 2.24) is 20.3 Å². The summed E-state index contributed by atoms with van der Waals surface area (Å²) in [5, 5.41) is 4.02. The number of fused-ring (bicyclic) bond motifs is 1. The van der Waals surface area contributed by atoms with Gasteiger partial charge in [-0.2, -0.15) is 13.2 Å². The second kappa shape index (κ2) is 9.60. The Balaban J connectivity index is 1.23. The SMILES string of the molecule is O=C(Nc1c[nH]c2ccc(Cl)cc12)C1=CC(c2cnc(N3CCN(CC(F)(F)F)CC3)c(F)c2)NO1. The lowest BCUT2D eigenvalue weighted by Crippen LogP contribution is -2.49. The quantitative estimate of drug-likeness (QED) is 0.435. The zero-order valence-electron chi connectivity index (χ0n) is 18.7. The average Bonchev–Trinajstić information content (AvgIpc) is 3.46. The molecule has 0 saturated carbocycles. The van der Waals surface area contributed by atoms with Crippen molar-refractivity contribution >= 4 is 39.9 Å². The van der Waals surface area contributed by atoms with Crippen LogP contribution in [0.5, 0.6) is 0 Å². The largest absolute Gasteiger partial charge is 0.402 e. The highest BCUT2D eigenvalue weighted by atomic mass is 35.5. The van der Waals surface area contributed by atoms with Crippen LogP contribution in [-0.4, -0.2) is 59.7 Å². The van der Waals surface area contributed by atoms with E-state index in [4.69, 9.17) is 16.4 Å². The third-order valence-corrected chi connectivity index (χ3v) is 6.24. The van der Waals surface area contributed by atoms with Crippen molar-refractivity contribution in [1.29, 1.82) is 0 Å². The minimum Gasteiger partial charge on any atom is -0.402 e. The average molecular weight is 525 g/mol. The summed E-state index contributed by atoms with van der Waals surface area (Å²) in [4.78, 5) is 28.1. The molecule has 2 aromatic heterocycles. The van der Waals surface area contributed by atoms with Crippen LogP contribution in [0.2, 0.25) is 5.02 Å². The monoisotopic (exact) mass is 524 g/mol. The van der Waals surface area contributed by atoms with Crippen LogP contribution in [0.4, 0.5) is 29.1 Å². The number of nitrogens with zero attached hydrogens (tertiary/aromatic N) is 3. The number of carbonyl (C=O) groups excluding carboxylic acids is 1. The molecule has 3 N–H and O–H groups in total. The minimum atomic E-state index is -4.27. The van der Waals surface area contributed by atoms with Crippen LogP contribution in [0, 0.1) is 5.82 Å². The van der Waals surface area contributed by atoms with Crippen LogP contribution in [0.15, 0.2) is 48.5 Å². The molecule has 0 spiro atoms. The lowest BCUT2D eigenvalue weighted by Gasteiger charge is -2.35. The Bertz CT molecular complexity index is 1320. The zero-order chi connectivity index (χ0) is 25.4. The number of piperazine rings is 1. The second-order valence-electron chi connectivity index (χ2n) is 8.53. The van der Waals surface area contributed by atoms with Gasteiger partial charge in [0.05, 0.1) is 18.3 Å². The smallest absolute Gasteiger partial charge is 0.401 e. The van der Waals surface area contributed by atoms with E-state index in [9.17, 15) is 22.4 Å². The molecule has 5 rings (SSSR count). The number of H-pyrrole nitrogens is 1. The Morgan fingerprint density at radius 1 is 1.22 bits per heavy atom. The number of hydroxylamine groups is 1. The number of carbonyl (C=O) groups is 1. The summed E-state index contributed by atoms with van der Waals surface area (Å²) in [6.07, 6.45) is 0.320. The van der Waals surface area contributed by atoms with Gasteiger partial charge in [0.25, 0.3) is 5.91 Å². The first-order valence-electron chi connectivity index (χ1n) is 11.1. The van der Waals surface area contributed by atoms with E-state index in [1.165, 1.54) is 23.2 Å². The number of hydrogen-bond donors (Lipinski definition) is 3. The van der Waals surface area contributed by atoms with Gasteiger partial charge in [0.1, 0.15) is 0 Å². The fourth-order valence-corrected chi connectivity index (χ4v) is 4.40. The maximum atomic E-state index is 14.9. The van der Waals surface area contributed by atoms with E-state index >= 15 is 0 Å². The van der Waals surface area contributed by atoms with Gasteiger partial charge in [0.15, 0.2) is 11.6 Å². The molecule has 36 heavy (non-hydrogen) atoms. The van der Waals surface area contributed by atoms with Gasteiger partial charge in [-0.15, -0.1) is 5.48 Å². The summed E-state index contributed by atoms with van der Waals surface area (Å²) in [5.74, 6) is -1.04. The van der Waals surface area contributed by atoms with Gasteiger partial charge in [-0.05, 0) is 35.9 Å². The predicted octanol–water partition coefficient (Wildman–Crippen LogP) is 4.14. The standard InChI is InChI=1S/C23H21ClF4N6O2/c24-14-1-2-17-15(8-14)19(11-29-17)31-22(35)20-9-18(32-36-20)13-7-16(25)21(30-10-13)34-5-3-33(4-6-34)12-23(26,27)28/h1-2,7-11,18,29,32H,3-6,12H2,(H,31,35). The second-order valence-corrected chi connectivity index (χ2v) is 8.96. The number of aromatic amines is 1. The summed E-state index contributed by atoms with van der Waals surface area (Å²) in [6.45, 7) is -0.214. The molecule has 1 fully saturated rings. The first-order chi connectivity index (χ1) is 17.2. The molecule has 1 amide bonds. The number of pyridine rings is 1. The van der Waals surface area contributed by atoms with Gasteiger partial charge in [-0.1, -0.05) is 11.6 Å². The highest BCUT2D eigenvalue weighted by Gasteiger charge is 2.33. The van der Waals surface area contributed by atoms with E-state index in [1.54, 1.807) is 29.3 Å². The van der Waals surface area contributed by atoms with E-state index in [1.807, 2.05) is 0 Å². The minimum absolute atomic E-state index is 0.00153. The Kier molecular flexibility index (Phi) is 6.49. The molecule has 3 aromatic rings. The molecule has 2 aliphatic heterocycles. The Hall–Kier alpha value is -3.35. The normalized spacial score (nSPS) is 18.9. The molecule has 1 unspecified atom stereocenters. The van der Waals surface area contributed by atoms with Crippen LogP contribution in [0.3, 0.4) is 0 Å². The number of anilines is 2. The first kappa shape index (κ1) is 24.3. The number of hydrogen-bond acceptors (Lipinski definition) is 6. The molecule has 190 valence electrons. The van der Waals surface area contributed by atoms with E-state index in [-0.39, 0.29) is 37.8 Å². The van der Waals surface area contributed by atoms with Crippen molar-refractivity contribution in [2.75, 3.05) is 42.9 Å². The van der Waals surface area contributed by atoms with E-state index < -0.39 is 30.5 Å². The van der Waals surface area contributed by atoms with Gasteiger partial charge < -0.3 is 20.0 Å². The third kappa shape index (κ3) is 5.25. The Labute approximate surface area is 207 Å². The highest BCUT2D eigenvalue weighted by Crippen LogP contribution is 2.29. The third-order valence-electron chi connectivity index (χ3n) is 6.01. The van der Waals surface area contributed by atoms with Gasteiger partial charge in [0, 0.05) is 54.5 Å². The zero-order valence-corrected chi connectivity index (χ0v) is 19.5. The summed E-state index contributed by atoms with van der Waals surface area (Å²) >= 11 is 6.05. The maximum Gasteiger partial charge on any atom is 0.401 e. The molecule has 1 saturated heterocycles. The van der Waals surface area contributed by atoms with Crippen LogP contribution < -0.4 is 15.7 Å². The van der Waals surface area contributed by atoms with E-state index in [2.05, 4.69) is 20.8 Å². The van der Waals surface area contributed by atoms with Gasteiger partial charge in [-0.3, -0.25) is 9.69 Å². The lowest BCUT2D eigenvalue weighted by molar-refractivity contribution is -0.146. The highest BCUT2D eigenvalue weighted by molar-refractivity contribution is 6.31. The number of rotatable bonds is 5. The summed E-state index contributed by atoms with van der Waals surface area (Å²) in [7, 11) is 0. The topological polar surface area (TPSA) is 85.5 Å². The molecule has 0 bridgehead atoms. The van der Waals surface area contributed by atoms with Gasteiger partial charge in [-0.25, -0.2) is 9.37 Å². The first-order valence-corrected chi connectivity index (χ1v) is 11.5. The molecule has 8 nitrogen and oxygen atoms in total. The number of halogens is 5. The number of benzene rings is 1. The molecule has 4 heterocycles. The van der Waals surface area contributed by atoms with Crippen molar-refractivity contribution < 1.29 is 27.2 Å². The van der Waals surface area contributed by atoms with Crippen LogP contribution in [-0.2, 0) is 9.63 Å². The molecule has 1 aromatic carbocycles. The van der Waals surface area contributed by atoms with Gasteiger partial charge >= 0.3 is 6.18 Å². The lowest BCUT2D eigenvalue weighted by atomic mass is 10.1. The van der Waals surface area contributed by atoms with Gasteiger partial charge in [0.2, 0.25) is 5.76 Å². The molecule has 0 radical (unpaired) electrons. The number of aromatic nitrogens is 2. The molecular formula is C23H21ClF4N6O2. The molecule has 2 aliphatic rings. The fraction of sp³-hybridized carbons (Fsp3) is 0.304. The van der Waals surface area contributed by atoms with Crippen LogP contribution in [0.25, 0.3) is 10.9 Å². The molecule has 0 aliphatic carbocycles. The predicted molar refractivity (Wildman–Crippen MR) is 126 cm³/mol. The van der Waals surface area contributed by atoms with E-state index in [0.717, 1.165) is 10.9 Å². The molecular weight excluding hydrogens is 504 g/mol. The fourth-order valence-electron chi connectivity index (χ4n) is 4.23. The summed E-state index contributed by atoms with van der Waals surface area (Å²) in [5.41, 5.74) is 4.42. The van der Waals surface area contributed by atoms with Crippen molar-refractivity contribution in [2.24, 2.45) is 0 Å². The number of nitrogens with one attached hydrogen (secondary N) is 3. The molecule has 13 heteroatoms. The van der Waals surface area contributed by atoms with Crippen molar-refractivity contribution in [3.8, 4) is 0 Å². The Morgan fingerprint density at radius 2 is 2.00 bits per heavy atom. The molecule has 1 atom stereocenters. The van der Waals surface area contributed by atoms with Crippen molar-refractivity contribution in [3.63, 3.8) is 0 Å².